The number of hydrogen-bond acceptors (Lipinski definition) is 2. The van der Waals surface area contributed by atoms with Crippen LogP contribution in [0.2, 0.25) is 0 Å². The fraction of sp³-hybridized carbons (Fsp3) is 0.417. The van der Waals surface area contributed by atoms with Crippen molar-refractivity contribution in [3.8, 4) is 0 Å². The molecule has 1 atom stereocenters. The van der Waals surface area contributed by atoms with Crippen molar-refractivity contribution in [2.45, 2.75) is 25.6 Å². The van der Waals surface area contributed by atoms with E-state index in [1.807, 2.05) is 0 Å². The van der Waals surface area contributed by atoms with Gasteiger partial charge in [-0.15, -0.1) is 0 Å². The lowest BCUT2D eigenvalue weighted by atomic mass is 10.1. The molecule has 1 rings (SSSR count). The van der Waals surface area contributed by atoms with Crippen LogP contribution in [0.5, 0.6) is 0 Å². The van der Waals surface area contributed by atoms with E-state index in [0.29, 0.717) is 6.42 Å². The summed E-state index contributed by atoms with van der Waals surface area (Å²) in [5.41, 5.74) is -1.00. The SMILES string of the molecule is CCC(CO)NC(=O)c1cc(C(F)(F)F)ccc1Br. The van der Waals surface area contributed by atoms with Crippen molar-refractivity contribution in [1.82, 2.24) is 5.32 Å². The number of halogens is 4. The molecule has 0 saturated carbocycles. The average molecular weight is 340 g/mol. The van der Waals surface area contributed by atoms with E-state index in [0.717, 1.165) is 12.1 Å². The maximum absolute atomic E-state index is 12.6. The van der Waals surface area contributed by atoms with Crippen molar-refractivity contribution in [3.05, 3.63) is 33.8 Å². The number of carbonyl (C=O) groups excluding carboxylic acids is 1. The van der Waals surface area contributed by atoms with E-state index < -0.39 is 23.7 Å². The summed E-state index contributed by atoms with van der Waals surface area (Å²) >= 11 is 3.04. The lowest BCUT2D eigenvalue weighted by Crippen LogP contribution is -2.37. The van der Waals surface area contributed by atoms with Gasteiger partial charge < -0.3 is 10.4 Å². The van der Waals surface area contributed by atoms with Crippen LogP contribution in [-0.4, -0.2) is 23.7 Å². The number of aliphatic hydroxyl groups excluding tert-OH is 1. The average Bonchev–Trinajstić information content (AvgIpc) is 2.34. The minimum absolute atomic E-state index is 0.110. The predicted octanol–water partition coefficient (Wildman–Crippen LogP) is 2.97. The van der Waals surface area contributed by atoms with E-state index in [9.17, 15) is 18.0 Å². The second-order valence-corrected chi connectivity index (χ2v) is 4.81. The van der Waals surface area contributed by atoms with Gasteiger partial charge in [-0.2, -0.15) is 13.2 Å². The van der Waals surface area contributed by atoms with Gasteiger partial charge in [0.25, 0.3) is 5.91 Å². The lowest BCUT2D eigenvalue weighted by Gasteiger charge is -2.15. The molecule has 1 aromatic rings. The normalized spacial score (nSPS) is 13.2. The molecule has 2 N–H and O–H groups in total. The topological polar surface area (TPSA) is 49.3 Å². The van der Waals surface area contributed by atoms with Crippen molar-refractivity contribution in [3.63, 3.8) is 0 Å². The zero-order chi connectivity index (χ0) is 14.6. The number of amides is 1. The number of hydrogen-bond donors (Lipinski definition) is 2. The van der Waals surface area contributed by atoms with Crippen molar-refractivity contribution in [1.29, 1.82) is 0 Å². The Kier molecular flexibility index (Phi) is 5.37. The molecule has 1 unspecified atom stereocenters. The van der Waals surface area contributed by atoms with Crippen molar-refractivity contribution in [2.24, 2.45) is 0 Å². The van der Waals surface area contributed by atoms with Crippen LogP contribution in [0.4, 0.5) is 13.2 Å². The Morgan fingerprint density at radius 2 is 2.11 bits per heavy atom. The van der Waals surface area contributed by atoms with Crippen LogP contribution in [0.1, 0.15) is 29.3 Å². The molecule has 0 heterocycles. The molecular weight excluding hydrogens is 327 g/mol. The first-order valence-electron chi connectivity index (χ1n) is 5.58. The molecule has 0 aliphatic rings. The Morgan fingerprint density at radius 1 is 1.47 bits per heavy atom. The number of benzene rings is 1. The molecule has 0 aliphatic heterocycles. The highest BCUT2D eigenvalue weighted by atomic mass is 79.9. The summed E-state index contributed by atoms with van der Waals surface area (Å²) in [6.07, 6.45) is -4.02. The Bertz CT molecular complexity index is 459. The van der Waals surface area contributed by atoms with Gasteiger partial charge >= 0.3 is 6.18 Å². The molecule has 3 nitrogen and oxygen atoms in total. The summed E-state index contributed by atoms with van der Waals surface area (Å²) in [5, 5.41) is 11.4. The molecule has 0 spiro atoms. The summed E-state index contributed by atoms with van der Waals surface area (Å²) in [7, 11) is 0. The standard InChI is InChI=1S/C12H13BrF3NO2/c1-2-8(6-18)17-11(19)9-5-7(12(14,15)16)3-4-10(9)13/h3-5,8,18H,2,6H2,1H3,(H,17,19). The molecule has 0 saturated heterocycles. The fourth-order valence-corrected chi connectivity index (χ4v) is 1.84. The van der Waals surface area contributed by atoms with Crippen molar-refractivity contribution >= 4 is 21.8 Å². The molecule has 1 amide bonds. The van der Waals surface area contributed by atoms with Crippen LogP contribution in [0.25, 0.3) is 0 Å². The first-order chi connectivity index (χ1) is 8.79. The maximum atomic E-state index is 12.6. The third kappa shape index (κ3) is 4.21. The van der Waals surface area contributed by atoms with Gasteiger partial charge in [-0.05, 0) is 40.5 Å². The Balaban J connectivity index is 3.02. The molecule has 106 valence electrons. The zero-order valence-corrected chi connectivity index (χ0v) is 11.7. The third-order valence-corrected chi connectivity index (χ3v) is 3.28. The van der Waals surface area contributed by atoms with Crippen molar-refractivity contribution < 1.29 is 23.1 Å². The Labute approximate surface area is 116 Å². The highest BCUT2D eigenvalue weighted by Gasteiger charge is 2.31. The Morgan fingerprint density at radius 3 is 2.58 bits per heavy atom. The smallest absolute Gasteiger partial charge is 0.394 e. The number of alkyl halides is 3. The van der Waals surface area contributed by atoms with E-state index in [4.69, 9.17) is 5.11 Å². The molecule has 0 bridgehead atoms. The number of nitrogens with one attached hydrogen (secondary N) is 1. The van der Waals surface area contributed by atoms with Crippen LogP contribution < -0.4 is 5.32 Å². The van der Waals surface area contributed by atoms with Crippen LogP contribution in [0.3, 0.4) is 0 Å². The highest BCUT2D eigenvalue weighted by molar-refractivity contribution is 9.10. The zero-order valence-electron chi connectivity index (χ0n) is 10.1. The summed E-state index contributed by atoms with van der Waals surface area (Å²) in [6.45, 7) is 1.49. The van der Waals surface area contributed by atoms with Crippen LogP contribution >= 0.6 is 15.9 Å². The molecular formula is C12H13BrF3NO2. The fourth-order valence-electron chi connectivity index (χ4n) is 1.42. The molecule has 7 heteroatoms. The van der Waals surface area contributed by atoms with Gasteiger partial charge in [-0.3, -0.25) is 4.79 Å². The second-order valence-electron chi connectivity index (χ2n) is 3.95. The number of rotatable bonds is 4. The molecule has 0 aromatic heterocycles. The molecule has 1 aromatic carbocycles. The van der Waals surface area contributed by atoms with Gasteiger partial charge in [0.2, 0.25) is 0 Å². The summed E-state index contributed by atoms with van der Waals surface area (Å²) < 4.78 is 38.0. The van der Waals surface area contributed by atoms with E-state index in [1.54, 1.807) is 6.92 Å². The summed E-state index contributed by atoms with van der Waals surface area (Å²) in [6, 6.07) is 2.37. The summed E-state index contributed by atoms with van der Waals surface area (Å²) in [5.74, 6) is -0.654. The molecule has 0 radical (unpaired) electrons. The summed E-state index contributed by atoms with van der Waals surface area (Å²) in [4.78, 5) is 11.9. The van der Waals surface area contributed by atoms with Gasteiger partial charge in [-0.1, -0.05) is 6.92 Å². The van der Waals surface area contributed by atoms with Gasteiger partial charge in [0, 0.05) is 4.47 Å². The number of carbonyl (C=O) groups is 1. The third-order valence-electron chi connectivity index (χ3n) is 2.59. The largest absolute Gasteiger partial charge is 0.416 e. The van der Waals surface area contributed by atoms with Crippen LogP contribution in [-0.2, 0) is 6.18 Å². The monoisotopic (exact) mass is 339 g/mol. The van der Waals surface area contributed by atoms with E-state index >= 15 is 0 Å². The molecule has 0 fully saturated rings. The van der Waals surface area contributed by atoms with Gasteiger partial charge in [0.1, 0.15) is 0 Å². The van der Waals surface area contributed by atoms with Gasteiger partial charge in [-0.25, -0.2) is 0 Å². The van der Waals surface area contributed by atoms with Crippen molar-refractivity contribution in [2.75, 3.05) is 6.61 Å². The van der Waals surface area contributed by atoms with E-state index in [1.165, 1.54) is 6.07 Å². The van der Waals surface area contributed by atoms with Gasteiger partial charge in [0.15, 0.2) is 0 Å². The first-order valence-corrected chi connectivity index (χ1v) is 6.37. The molecule has 19 heavy (non-hydrogen) atoms. The number of aliphatic hydroxyl groups is 1. The van der Waals surface area contributed by atoms with Gasteiger partial charge in [0.05, 0.1) is 23.8 Å². The van der Waals surface area contributed by atoms with Crippen LogP contribution in [0.15, 0.2) is 22.7 Å². The quantitative estimate of drug-likeness (QED) is 0.885. The lowest BCUT2D eigenvalue weighted by molar-refractivity contribution is -0.137. The molecule has 0 aliphatic carbocycles. The minimum Gasteiger partial charge on any atom is -0.394 e. The Hall–Kier alpha value is -1.08. The second kappa shape index (κ2) is 6.38. The first kappa shape index (κ1) is 16.0. The van der Waals surface area contributed by atoms with Crippen LogP contribution in [0, 0.1) is 0 Å². The predicted molar refractivity (Wildman–Crippen MR) is 67.8 cm³/mol. The highest BCUT2D eigenvalue weighted by Crippen LogP contribution is 2.31. The van der Waals surface area contributed by atoms with E-state index in [-0.39, 0.29) is 16.6 Å². The van der Waals surface area contributed by atoms with E-state index in [2.05, 4.69) is 21.2 Å². The maximum Gasteiger partial charge on any atom is 0.416 e. The minimum atomic E-state index is -4.50.